The number of nitrogens with zero attached hydrogens (tertiary/aromatic N) is 1. The fourth-order valence-corrected chi connectivity index (χ4v) is 3.23. The Morgan fingerprint density at radius 2 is 2.00 bits per heavy atom. The maximum atomic E-state index is 12.7. The van der Waals surface area contributed by atoms with E-state index in [1.165, 1.54) is 0 Å². The highest BCUT2D eigenvalue weighted by Gasteiger charge is 2.25. The molecule has 1 N–H and O–H groups in total. The first-order valence-corrected chi connectivity index (χ1v) is 9.10. The van der Waals surface area contributed by atoms with Crippen LogP contribution in [0.15, 0.2) is 22.7 Å². The lowest BCUT2D eigenvalue weighted by Gasteiger charge is -2.34. The number of benzene rings is 1. The zero-order valence-corrected chi connectivity index (χ0v) is 15.5. The Balaban J connectivity index is 1.97. The van der Waals surface area contributed by atoms with Gasteiger partial charge < -0.3 is 14.7 Å². The van der Waals surface area contributed by atoms with Crippen molar-refractivity contribution in [2.45, 2.75) is 45.1 Å². The summed E-state index contributed by atoms with van der Waals surface area (Å²) in [6, 6.07) is 6.18. The summed E-state index contributed by atoms with van der Waals surface area (Å²) in [6.45, 7) is 3.57. The van der Waals surface area contributed by atoms with E-state index in [0.717, 1.165) is 28.4 Å². The summed E-state index contributed by atoms with van der Waals surface area (Å²) in [5.41, 5.74) is 2.27. The number of halogens is 1. The van der Waals surface area contributed by atoms with Crippen LogP contribution >= 0.6 is 15.9 Å². The normalized spacial score (nSPS) is 15.2. The summed E-state index contributed by atoms with van der Waals surface area (Å²) in [5, 5.41) is 8.94. The molecular weight excluding hydrogens is 374 g/mol. The van der Waals surface area contributed by atoms with Crippen LogP contribution in [0.1, 0.15) is 36.8 Å². The average molecular weight is 398 g/mol. The molecule has 2 rings (SSSR count). The van der Waals surface area contributed by atoms with Crippen LogP contribution in [0.3, 0.4) is 0 Å². The Kier molecular flexibility index (Phi) is 7.24. The maximum absolute atomic E-state index is 12.7. The molecule has 24 heavy (non-hydrogen) atoms. The molecule has 0 saturated carbocycles. The Morgan fingerprint density at radius 1 is 1.29 bits per heavy atom. The molecule has 0 atom stereocenters. The molecule has 1 aliphatic heterocycles. The molecule has 0 unspecified atom stereocenters. The van der Waals surface area contributed by atoms with E-state index < -0.39 is 5.97 Å². The number of hydrogen-bond donors (Lipinski definition) is 1. The van der Waals surface area contributed by atoms with Crippen molar-refractivity contribution in [1.29, 1.82) is 0 Å². The molecule has 0 spiro atoms. The fourth-order valence-electron chi connectivity index (χ4n) is 2.98. The zero-order chi connectivity index (χ0) is 17.5. The lowest BCUT2D eigenvalue weighted by molar-refractivity contribution is -0.140. The molecule has 1 amide bonds. The van der Waals surface area contributed by atoms with Gasteiger partial charge in [0.15, 0.2) is 0 Å². The Labute approximate surface area is 151 Å². The van der Waals surface area contributed by atoms with E-state index in [4.69, 9.17) is 9.84 Å². The molecule has 0 bridgehead atoms. The van der Waals surface area contributed by atoms with Crippen LogP contribution in [0.25, 0.3) is 0 Å². The van der Waals surface area contributed by atoms with Crippen LogP contribution in [0, 0.1) is 6.92 Å². The fraction of sp³-hybridized carbons (Fsp3) is 0.556. The lowest BCUT2D eigenvalue weighted by Crippen LogP contribution is -2.44. The predicted octanol–water partition coefficient (Wildman–Crippen LogP) is 3.17. The maximum Gasteiger partial charge on any atom is 0.305 e. The number of amides is 1. The summed E-state index contributed by atoms with van der Waals surface area (Å²) < 4.78 is 6.41. The van der Waals surface area contributed by atoms with Gasteiger partial charge in [-0.3, -0.25) is 9.59 Å². The van der Waals surface area contributed by atoms with Gasteiger partial charge in [-0.05, 0) is 43.4 Å². The van der Waals surface area contributed by atoms with Gasteiger partial charge in [0.1, 0.15) is 0 Å². The number of ether oxygens (including phenoxy) is 1. The number of aryl methyl sites for hydroxylation is 2. The van der Waals surface area contributed by atoms with E-state index in [-0.39, 0.29) is 24.9 Å². The van der Waals surface area contributed by atoms with Crippen molar-refractivity contribution in [2.24, 2.45) is 0 Å². The van der Waals surface area contributed by atoms with Crippen molar-refractivity contribution < 1.29 is 19.4 Å². The molecule has 1 aromatic rings. The van der Waals surface area contributed by atoms with Gasteiger partial charge >= 0.3 is 5.97 Å². The molecule has 1 saturated heterocycles. The largest absolute Gasteiger partial charge is 0.481 e. The summed E-state index contributed by atoms with van der Waals surface area (Å²) in [5.74, 6) is -0.841. The van der Waals surface area contributed by atoms with Crippen molar-refractivity contribution in [3.05, 3.63) is 33.8 Å². The van der Waals surface area contributed by atoms with E-state index in [2.05, 4.69) is 22.0 Å². The minimum Gasteiger partial charge on any atom is -0.481 e. The number of carbonyl (C=O) groups excluding carboxylic acids is 1. The second-order valence-electron chi connectivity index (χ2n) is 6.16. The van der Waals surface area contributed by atoms with Gasteiger partial charge in [-0.1, -0.05) is 28.1 Å². The van der Waals surface area contributed by atoms with E-state index in [9.17, 15) is 9.59 Å². The highest BCUT2D eigenvalue weighted by atomic mass is 79.9. The van der Waals surface area contributed by atoms with Crippen LogP contribution in [-0.2, 0) is 20.7 Å². The Hall–Kier alpha value is -1.40. The highest BCUT2D eigenvalue weighted by molar-refractivity contribution is 9.10. The molecule has 5 nitrogen and oxygen atoms in total. The van der Waals surface area contributed by atoms with E-state index in [0.29, 0.717) is 26.1 Å². The van der Waals surface area contributed by atoms with Gasteiger partial charge in [0, 0.05) is 36.7 Å². The second-order valence-corrected chi connectivity index (χ2v) is 7.01. The molecule has 1 aromatic carbocycles. The minimum absolute atomic E-state index is 0.0134. The topological polar surface area (TPSA) is 66.8 Å². The summed E-state index contributed by atoms with van der Waals surface area (Å²) in [4.78, 5) is 25.3. The van der Waals surface area contributed by atoms with Gasteiger partial charge in [0.25, 0.3) is 0 Å². The van der Waals surface area contributed by atoms with Crippen LogP contribution < -0.4 is 0 Å². The third-order valence-corrected chi connectivity index (χ3v) is 5.26. The van der Waals surface area contributed by atoms with E-state index in [1.54, 1.807) is 4.90 Å². The average Bonchev–Trinajstić information content (AvgIpc) is 2.57. The Bertz CT molecular complexity index is 584. The van der Waals surface area contributed by atoms with Crippen molar-refractivity contribution in [1.82, 2.24) is 4.90 Å². The minimum atomic E-state index is -0.872. The van der Waals surface area contributed by atoms with Gasteiger partial charge in [-0.25, -0.2) is 0 Å². The van der Waals surface area contributed by atoms with E-state index in [1.807, 2.05) is 19.1 Å². The second kappa shape index (κ2) is 9.18. The van der Waals surface area contributed by atoms with Crippen molar-refractivity contribution in [2.75, 3.05) is 19.8 Å². The van der Waals surface area contributed by atoms with E-state index >= 15 is 0 Å². The molecule has 1 heterocycles. The Morgan fingerprint density at radius 3 is 2.62 bits per heavy atom. The summed E-state index contributed by atoms with van der Waals surface area (Å²) >= 11 is 3.48. The SMILES string of the molecule is Cc1cc(CCC(=O)N(CCC(=O)O)C2CCOCC2)ccc1Br. The van der Waals surface area contributed by atoms with Crippen molar-refractivity contribution in [3.8, 4) is 0 Å². The first kappa shape index (κ1) is 18.9. The molecular formula is C18H24BrNO4. The molecule has 132 valence electrons. The third-order valence-electron chi connectivity index (χ3n) is 4.37. The van der Waals surface area contributed by atoms with Gasteiger partial charge in [-0.15, -0.1) is 0 Å². The van der Waals surface area contributed by atoms with Crippen molar-refractivity contribution >= 4 is 27.8 Å². The quantitative estimate of drug-likeness (QED) is 0.766. The van der Waals surface area contributed by atoms with Crippen LogP contribution in [0.2, 0.25) is 0 Å². The number of carboxylic acids is 1. The highest BCUT2D eigenvalue weighted by Crippen LogP contribution is 2.20. The first-order valence-electron chi connectivity index (χ1n) is 8.31. The molecule has 0 radical (unpaired) electrons. The van der Waals surface area contributed by atoms with Crippen LogP contribution in [-0.4, -0.2) is 47.7 Å². The predicted molar refractivity (Wildman–Crippen MR) is 95.0 cm³/mol. The van der Waals surface area contributed by atoms with Gasteiger partial charge in [0.05, 0.1) is 6.42 Å². The van der Waals surface area contributed by atoms with Crippen LogP contribution in [0.4, 0.5) is 0 Å². The molecule has 0 aromatic heterocycles. The molecule has 0 aliphatic carbocycles. The van der Waals surface area contributed by atoms with Gasteiger partial charge in [-0.2, -0.15) is 0 Å². The molecule has 1 fully saturated rings. The van der Waals surface area contributed by atoms with Crippen molar-refractivity contribution in [3.63, 3.8) is 0 Å². The molecule has 1 aliphatic rings. The number of aliphatic carboxylic acids is 1. The number of hydrogen-bond acceptors (Lipinski definition) is 3. The monoisotopic (exact) mass is 397 g/mol. The zero-order valence-electron chi connectivity index (χ0n) is 14.0. The first-order chi connectivity index (χ1) is 11.5. The number of carbonyl (C=O) groups is 2. The van der Waals surface area contributed by atoms with Gasteiger partial charge in [0.2, 0.25) is 5.91 Å². The molecule has 6 heteroatoms. The van der Waals surface area contributed by atoms with Crippen LogP contribution in [0.5, 0.6) is 0 Å². The summed E-state index contributed by atoms with van der Waals surface area (Å²) in [6.07, 6.45) is 2.61. The smallest absolute Gasteiger partial charge is 0.305 e. The standard InChI is InChI=1S/C18H24BrNO4/c1-13-12-14(2-4-16(13)19)3-5-17(21)20(9-6-18(22)23)15-7-10-24-11-8-15/h2,4,12,15H,3,5-11H2,1H3,(H,22,23). The summed E-state index contributed by atoms with van der Waals surface area (Å²) in [7, 11) is 0. The lowest BCUT2D eigenvalue weighted by atomic mass is 10.0. The number of rotatable bonds is 7. The number of carboxylic acid groups (broad SMARTS) is 1. The third kappa shape index (κ3) is 5.60.